The molecule has 1 N–H and O–H groups in total. The van der Waals surface area contributed by atoms with Crippen molar-refractivity contribution in [1.29, 1.82) is 0 Å². The molecule has 1 aliphatic rings. The molecular weight excluding hydrogens is 204 g/mol. The second-order valence-electron chi connectivity index (χ2n) is 2.96. The van der Waals surface area contributed by atoms with E-state index in [4.69, 9.17) is 16.3 Å². The van der Waals surface area contributed by atoms with E-state index in [0.717, 1.165) is 5.56 Å². The molecule has 1 aromatic rings. The van der Waals surface area contributed by atoms with Crippen molar-refractivity contribution in [3.05, 3.63) is 23.9 Å². The van der Waals surface area contributed by atoms with Gasteiger partial charge in [-0.05, 0) is 12.1 Å². The zero-order valence-corrected chi connectivity index (χ0v) is 8.12. The van der Waals surface area contributed by atoms with Crippen molar-refractivity contribution in [3.8, 4) is 5.88 Å². The standard InChI is InChI=1S/C9H9ClN2O2/c10-4-8(13)12-7-5-14-9-6(7)2-1-3-11-9/h1-3,7H,4-5H2,(H,12,13). The van der Waals surface area contributed by atoms with Gasteiger partial charge in [-0.3, -0.25) is 4.79 Å². The van der Waals surface area contributed by atoms with Gasteiger partial charge in [-0.15, -0.1) is 11.6 Å². The number of carbonyl (C=O) groups is 1. The van der Waals surface area contributed by atoms with Crippen LogP contribution in [0.15, 0.2) is 18.3 Å². The summed E-state index contributed by atoms with van der Waals surface area (Å²) in [5.41, 5.74) is 0.908. The number of fused-ring (bicyclic) bond motifs is 1. The number of aromatic nitrogens is 1. The third-order valence-corrected chi connectivity index (χ3v) is 2.26. The first-order chi connectivity index (χ1) is 6.81. The number of hydrogen-bond acceptors (Lipinski definition) is 3. The molecule has 14 heavy (non-hydrogen) atoms. The van der Waals surface area contributed by atoms with Crippen LogP contribution in [0.3, 0.4) is 0 Å². The summed E-state index contributed by atoms with van der Waals surface area (Å²) in [4.78, 5) is 15.1. The number of nitrogens with zero attached hydrogens (tertiary/aromatic N) is 1. The van der Waals surface area contributed by atoms with Gasteiger partial charge in [-0.1, -0.05) is 0 Å². The van der Waals surface area contributed by atoms with E-state index in [-0.39, 0.29) is 17.8 Å². The highest BCUT2D eigenvalue weighted by Gasteiger charge is 2.25. The van der Waals surface area contributed by atoms with E-state index in [1.807, 2.05) is 12.1 Å². The Labute approximate surface area is 86.2 Å². The number of carbonyl (C=O) groups excluding carboxylic acids is 1. The van der Waals surface area contributed by atoms with E-state index in [1.54, 1.807) is 6.20 Å². The molecule has 0 bridgehead atoms. The topological polar surface area (TPSA) is 51.2 Å². The van der Waals surface area contributed by atoms with E-state index in [1.165, 1.54) is 0 Å². The van der Waals surface area contributed by atoms with Gasteiger partial charge in [0.1, 0.15) is 12.5 Å². The molecule has 4 nitrogen and oxygen atoms in total. The third kappa shape index (κ3) is 1.65. The second-order valence-corrected chi connectivity index (χ2v) is 3.23. The summed E-state index contributed by atoms with van der Waals surface area (Å²) in [6, 6.07) is 3.58. The predicted molar refractivity (Wildman–Crippen MR) is 51.3 cm³/mol. The number of amides is 1. The van der Waals surface area contributed by atoms with Gasteiger partial charge in [-0.2, -0.15) is 0 Å². The largest absolute Gasteiger partial charge is 0.475 e. The lowest BCUT2D eigenvalue weighted by Gasteiger charge is -2.09. The van der Waals surface area contributed by atoms with Gasteiger partial charge >= 0.3 is 0 Å². The van der Waals surface area contributed by atoms with Crippen LogP contribution in [-0.2, 0) is 4.79 Å². The summed E-state index contributed by atoms with van der Waals surface area (Å²) in [6.45, 7) is 0.426. The highest BCUT2D eigenvalue weighted by Crippen LogP contribution is 2.29. The zero-order valence-electron chi connectivity index (χ0n) is 7.37. The molecule has 0 saturated heterocycles. The first-order valence-corrected chi connectivity index (χ1v) is 4.78. The number of nitrogens with one attached hydrogen (secondary N) is 1. The van der Waals surface area contributed by atoms with Gasteiger partial charge in [0.15, 0.2) is 0 Å². The lowest BCUT2D eigenvalue weighted by Crippen LogP contribution is -2.30. The quantitative estimate of drug-likeness (QED) is 0.741. The van der Waals surface area contributed by atoms with Gasteiger partial charge < -0.3 is 10.1 Å². The minimum atomic E-state index is -0.197. The Bertz CT molecular complexity index is 356. The lowest BCUT2D eigenvalue weighted by atomic mass is 10.1. The fourth-order valence-corrected chi connectivity index (χ4v) is 1.47. The maximum atomic E-state index is 11.1. The Hall–Kier alpha value is -1.29. The molecule has 1 atom stereocenters. The molecule has 74 valence electrons. The zero-order chi connectivity index (χ0) is 9.97. The van der Waals surface area contributed by atoms with Crippen LogP contribution in [0.25, 0.3) is 0 Å². The Balaban J connectivity index is 2.14. The molecule has 0 radical (unpaired) electrons. The average Bonchev–Trinajstić information content (AvgIpc) is 2.62. The summed E-state index contributed by atoms with van der Waals surface area (Å²) in [7, 11) is 0. The van der Waals surface area contributed by atoms with Crippen LogP contribution in [0.5, 0.6) is 5.88 Å². The van der Waals surface area contributed by atoms with Crippen LogP contribution < -0.4 is 10.1 Å². The number of hydrogen-bond donors (Lipinski definition) is 1. The molecule has 0 aromatic carbocycles. The smallest absolute Gasteiger partial charge is 0.235 e. The van der Waals surface area contributed by atoms with Crippen LogP contribution in [0, 0.1) is 0 Å². The van der Waals surface area contributed by atoms with Crippen molar-refractivity contribution in [2.45, 2.75) is 6.04 Å². The fraction of sp³-hybridized carbons (Fsp3) is 0.333. The van der Waals surface area contributed by atoms with Crippen LogP contribution in [0.4, 0.5) is 0 Å². The molecule has 0 spiro atoms. The van der Waals surface area contributed by atoms with Crippen LogP contribution in [0.2, 0.25) is 0 Å². The minimum absolute atomic E-state index is 0.0356. The Morgan fingerprint density at radius 2 is 2.64 bits per heavy atom. The minimum Gasteiger partial charge on any atom is -0.475 e. The van der Waals surface area contributed by atoms with E-state index in [0.29, 0.717) is 12.5 Å². The summed E-state index contributed by atoms with van der Waals surface area (Å²) >= 11 is 5.39. The highest BCUT2D eigenvalue weighted by molar-refractivity contribution is 6.27. The van der Waals surface area contributed by atoms with Crippen molar-refractivity contribution >= 4 is 17.5 Å². The SMILES string of the molecule is O=C(CCl)NC1COc2ncccc21. The van der Waals surface area contributed by atoms with Gasteiger partial charge in [0.2, 0.25) is 11.8 Å². The summed E-state index contributed by atoms with van der Waals surface area (Å²) in [6.07, 6.45) is 1.66. The van der Waals surface area contributed by atoms with Gasteiger partial charge in [0.25, 0.3) is 0 Å². The molecule has 1 unspecified atom stereocenters. The van der Waals surface area contributed by atoms with E-state index < -0.39 is 0 Å². The van der Waals surface area contributed by atoms with E-state index in [2.05, 4.69) is 10.3 Å². The maximum absolute atomic E-state index is 11.1. The molecule has 2 rings (SSSR count). The molecule has 0 aliphatic carbocycles. The molecule has 0 fully saturated rings. The molecule has 5 heteroatoms. The lowest BCUT2D eigenvalue weighted by molar-refractivity contribution is -0.119. The first kappa shape index (κ1) is 9.27. The van der Waals surface area contributed by atoms with Crippen molar-refractivity contribution < 1.29 is 9.53 Å². The van der Waals surface area contributed by atoms with Crippen LogP contribution >= 0.6 is 11.6 Å². The number of rotatable bonds is 2. The molecule has 1 amide bonds. The average molecular weight is 213 g/mol. The summed E-state index contributed by atoms with van der Waals surface area (Å²) < 4.78 is 5.29. The normalized spacial score (nSPS) is 18.5. The van der Waals surface area contributed by atoms with Crippen molar-refractivity contribution in [3.63, 3.8) is 0 Å². The predicted octanol–water partition coefficient (Wildman–Crippen LogP) is 0.870. The molecular formula is C9H9ClN2O2. The molecule has 0 saturated carbocycles. The van der Waals surface area contributed by atoms with Gasteiger partial charge in [0.05, 0.1) is 6.04 Å². The monoisotopic (exact) mass is 212 g/mol. The van der Waals surface area contributed by atoms with Crippen molar-refractivity contribution in [1.82, 2.24) is 10.3 Å². The number of pyridine rings is 1. The molecule has 1 aromatic heterocycles. The van der Waals surface area contributed by atoms with E-state index in [9.17, 15) is 4.79 Å². The van der Waals surface area contributed by atoms with Crippen LogP contribution in [-0.4, -0.2) is 23.4 Å². The van der Waals surface area contributed by atoms with Crippen LogP contribution in [0.1, 0.15) is 11.6 Å². The Morgan fingerprint density at radius 3 is 3.43 bits per heavy atom. The molecule has 1 aliphatic heterocycles. The molecule has 2 heterocycles. The highest BCUT2D eigenvalue weighted by atomic mass is 35.5. The fourth-order valence-electron chi connectivity index (χ4n) is 1.39. The number of alkyl halides is 1. The van der Waals surface area contributed by atoms with Gasteiger partial charge in [0, 0.05) is 11.8 Å². The number of halogens is 1. The van der Waals surface area contributed by atoms with E-state index >= 15 is 0 Å². The Kier molecular flexibility index (Phi) is 2.54. The van der Waals surface area contributed by atoms with Crippen molar-refractivity contribution in [2.75, 3.05) is 12.5 Å². The third-order valence-electron chi connectivity index (χ3n) is 2.02. The maximum Gasteiger partial charge on any atom is 0.235 e. The summed E-state index contributed by atoms with van der Waals surface area (Å²) in [5.74, 6) is 0.357. The number of ether oxygens (including phenoxy) is 1. The van der Waals surface area contributed by atoms with Crippen molar-refractivity contribution in [2.24, 2.45) is 0 Å². The second kappa shape index (κ2) is 3.84. The Morgan fingerprint density at radius 1 is 1.79 bits per heavy atom. The summed E-state index contributed by atoms with van der Waals surface area (Å²) in [5, 5.41) is 2.75. The van der Waals surface area contributed by atoms with Gasteiger partial charge in [-0.25, -0.2) is 4.98 Å². The first-order valence-electron chi connectivity index (χ1n) is 4.24.